The van der Waals surface area contributed by atoms with Gasteiger partial charge in [-0.05, 0) is 124 Å². The zero-order valence-corrected chi connectivity index (χ0v) is 40.0. The van der Waals surface area contributed by atoms with Crippen molar-refractivity contribution >= 4 is 33.8 Å². The largest absolute Gasteiger partial charge is 0.508 e. The number of nitrogens with two attached hydrogens (primary N) is 1. The average Bonchev–Trinajstić information content (AvgIpc) is 3.32. The molecule has 12 nitrogen and oxygen atoms in total. The van der Waals surface area contributed by atoms with E-state index in [1.165, 1.54) is 11.0 Å². The molecule has 4 N–H and O–H groups in total. The maximum absolute atomic E-state index is 9.23. The van der Waals surface area contributed by atoms with Crippen LogP contribution >= 0.6 is 0 Å². The number of aromatic hydroxyl groups is 1. The van der Waals surface area contributed by atoms with E-state index in [2.05, 4.69) is 124 Å². The van der Waals surface area contributed by atoms with E-state index >= 15 is 0 Å². The Bertz CT molecular complexity index is 2280. The van der Waals surface area contributed by atoms with Crippen LogP contribution < -0.4 is 50.2 Å². The fourth-order valence-corrected chi connectivity index (χ4v) is 7.19. The molecule has 0 unspecified atom stereocenters. The summed E-state index contributed by atoms with van der Waals surface area (Å²) in [7, 11) is 3.30. The summed E-state index contributed by atoms with van der Waals surface area (Å²) < 4.78 is 18.9. The number of rotatable bonds is 16. The molecule has 1 aliphatic carbocycles. The van der Waals surface area contributed by atoms with Crippen LogP contribution in [0, 0.1) is 6.92 Å². The molecule has 0 saturated carbocycles. The lowest BCUT2D eigenvalue weighted by Crippen LogP contribution is -2.29. The van der Waals surface area contributed by atoms with Crippen LogP contribution in [0.1, 0.15) is 67.9 Å². The molecule has 4 aromatic rings. The predicted molar refractivity (Wildman–Crippen MR) is 265 cm³/mol. The minimum Gasteiger partial charge on any atom is -0.508 e. The molecule has 0 saturated heterocycles. The SMILES string of the molecule is CCN(CC)c1ccc(ON)c(OC)c1.CCN(CC)c1cccc(O)c1.CCN(CC)c1cccc(OC)c1.CCNc1ccc2nc3ccc(=[N+](CC)CC)cc-3oc2c1C. The van der Waals surface area contributed by atoms with E-state index < -0.39 is 0 Å². The van der Waals surface area contributed by atoms with E-state index in [1.807, 2.05) is 54.6 Å². The molecule has 0 radical (unpaired) electrons. The quantitative estimate of drug-likeness (QED) is 0.0489. The molecule has 63 heavy (non-hydrogen) atoms. The Morgan fingerprint density at radius 3 is 1.76 bits per heavy atom. The Morgan fingerprint density at radius 2 is 1.24 bits per heavy atom. The number of ether oxygens (including phenoxy) is 2. The Balaban J connectivity index is 0.000000233. The normalized spacial score (nSPS) is 10.3. The molecule has 342 valence electrons. The van der Waals surface area contributed by atoms with Gasteiger partial charge < -0.3 is 43.9 Å². The van der Waals surface area contributed by atoms with Crippen LogP contribution in [0.4, 0.5) is 22.7 Å². The first-order chi connectivity index (χ1) is 30.5. The van der Waals surface area contributed by atoms with E-state index in [1.54, 1.807) is 26.4 Å². The molecule has 0 fully saturated rings. The highest BCUT2D eigenvalue weighted by Crippen LogP contribution is 2.31. The van der Waals surface area contributed by atoms with E-state index in [9.17, 15) is 5.11 Å². The molecule has 0 atom stereocenters. The molecule has 1 heterocycles. The van der Waals surface area contributed by atoms with Crippen molar-refractivity contribution < 1.29 is 23.8 Å². The Kier molecular flexibility index (Phi) is 22.0. The van der Waals surface area contributed by atoms with Gasteiger partial charge in [0.1, 0.15) is 35.8 Å². The van der Waals surface area contributed by atoms with Gasteiger partial charge in [0.25, 0.3) is 0 Å². The molecular weight excluding hydrogens is 791 g/mol. The van der Waals surface area contributed by atoms with Crippen molar-refractivity contribution in [1.82, 2.24) is 9.56 Å². The molecule has 4 aromatic carbocycles. The van der Waals surface area contributed by atoms with Gasteiger partial charge in [-0.15, -0.1) is 0 Å². The van der Waals surface area contributed by atoms with Crippen molar-refractivity contribution in [3.05, 3.63) is 108 Å². The van der Waals surface area contributed by atoms with E-state index in [0.29, 0.717) is 17.2 Å². The fraction of sp³-hybridized carbons (Fsp3) is 0.412. The lowest BCUT2D eigenvalue weighted by molar-refractivity contribution is 0.306. The molecule has 0 aromatic heterocycles. The van der Waals surface area contributed by atoms with Crippen molar-refractivity contribution in [3.63, 3.8) is 0 Å². The summed E-state index contributed by atoms with van der Waals surface area (Å²) in [6, 6.07) is 31.5. The molecule has 0 spiro atoms. The van der Waals surface area contributed by atoms with Gasteiger partial charge >= 0.3 is 0 Å². The lowest BCUT2D eigenvalue weighted by atomic mass is 10.1. The lowest BCUT2D eigenvalue weighted by Gasteiger charge is -2.21. The van der Waals surface area contributed by atoms with Crippen molar-refractivity contribution in [1.29, 1.82) is 0 Å². The van der Waals surface area contributed by atoms with Crippen molar-refractivity contribution in [3.8, 4) is 34.5 Å². The second-order valence-electron chi connectivity index (χ2n) is 14.3. The minimum atomic E-state index is 0.333. The van der Waals surface area contributed by atoms with Gasteiger partial charge in [0, 0.05) is 98.4 Å². The molecule has 1 aliphatic heterocycles. The van der Waals surface area contributed by atoms with Gasteiger partial charge in [-0.2, -0.15) is 5.90 Å². The van der Waals surface area contributed by atoms with E-state index in [-0.39, 0.29) is 0 Å². The number of aryl methyl sites for hydroxylation is 1. The number of phenolic OH excluding ortho intramolecular Hbond substituents is 1. The van der Waals surface area contributed by atoms with E-state index in [4.69, 9.17) is 29.6 Å². The van der Waals surface area contributed by atoms with Crippen LogP contribution in [-0.4, -0.2) is 83.2 Å². The number of methoxy groups -OCH3 is 2. The molecule has 0 amide bonds. The van der Waals surface area contributed by atoms with Gasteiger partial charge in [-0.1, -0.05) is 12.1 Å². The fourth-order valence-electron chi connectivity index (χ4n) is 7.19. The number of hydrogen-bond donors (Lipinski definition) is 3. The summed E-state index contributed by atoms with van der Waals surface area (Å²) in [5, 5.41) is 13.8. The second kappa shape index (κ2) is 27.0. The maximum Gasteiger partial charge on any atom is 0.203 e. The monoisotopic (exact) mass is 865 g/mol. The minimum absolute atomic E-state index is 0.333. The highest BCUT2D eigenvalue weighted by molar-refractivity contribution is 5.84. The zero-order chi connectivity index (χ0) is 46.3. The smallest absolute Gasteiger partial charge is 0.203 e. The highest BCUT2D eigenvalue weighted by Gasteiger charge is 2.14. The van der Waals surface area contributed by atoms with Crippen LogP contribution in [0.2, 0.25) is 0 Å². The summed E-state index contributed by atoms with van der Waals surface area (Å²) in [5.74, 6) is 8.41. The topological polar surface area (TPSA) is 125 Å². The Morgan fingerprint density at radius 1 is 0.651 bits per heavy atom. The number of anilines is 4. The average molecular weight is 865 g/mol. The van der Waals surface area contributed by atoms with Crippen LogP contribution in [0.25, 0.3) is 22.6 Å². The third kappa shape index (κ3) is 14.5. The first-order valence-corrected chi connectivity index (χ1v) is 22.4. The highest BCUT2D eigenvalue weighted by atomic mass is 16.6. The van der Waals surface area contributed by atoms with Crippen LogP contribution in [0.3, 0.4) is 0 Å². The Labute approximate surface area is 376 Å². The van der Waals surface area contributed by atoms with Crippen molar-refractivity contribution in [2.45, 2.75) is 69.2 Å². The number of nitrogens with one attached hydrogen (secondary N) is 1. The number of benzene rings is 5. The van der Waals surface area contributed by atoms with Crippen molar-refractivity contribution in [2.75, 3.05) is 93.1 Å². The zero-order valence-electron chi connectivity index (χ0n) is 40.0. The van der Waals surface area contributed by atoms with Crippen LogP contribution in [0.15, 0.2) is 101 Å². The number of phenols is 1. The third-order valence-electron chi connectivity index (χ3n) is 10.8. The molecular formula is C51H74N7O5+. The standard InChI is InChI=1S/C19H23N3O.C11H18N2O2.C11H17NO.C10H15NO/c1-5-20-15-10-11-17-19(13(15)4)23-18-12-14(22(6-2)7-3)8-9-16(18)21-17;1-4-13(5-2)9-6-7-10(15-12)11(8-9)14-3;1-4-12(5-2)10-7-6-8-11(9-10)13-3;1-3-11(4-2)9-6-5-7-10(12)8-9/h8-12H,5-7H2,1-4H3;6-8H,4-5,12H2,1-3H3;6-9H,4-5H2,1-3H3;5-8,12H,3-4H2,1-2H3/p+1. The van der Waals surface area contributed by atoms with Crippen molar-refractivity contribution in [2.24, 2.45) is 5.90 Å². The number of hydrogen-bond acceptors (Lipinski definition) is 11. The van der Waals surface area contributed by atoms with Gasteiger partial charge in [-0.3, -0.25) is 0 Å². The molecule has 0 bridgehead atoms. The number of fused-ring (bicyclic) bond motifs is 2. The maximum atomic E-state index is 9.23. The van der Waals surface area contributed by atoms with E-state index in [0.717, 1.165) is 110 Å². The summed E-state index contributed by atoms with van der Waals surface area (Å²) >= 11 is 0. The Hall–Kier alpha value is -6.14. The van der Waals surface area contributed by atoms with Gasteiger partial charge in [-0.25, -0.2) is 9.56 Å². The molecule has 2 aliphatic rings. The van der Waals surface area contributed by atoms with Crippen LogP contribution in [-0.2, 0) is 0 Å². The summed E-state index contributed by atoms with van der Waals surface area (Å²) in [6.07, 6.45) is 0. The number of aromatic nitrogens is 1. The molecule has 12 heteroatoms. The van der Waals surface area contributed by atoms with Gasteiger partial charge in [0.05, 0.1) is 20.3 Å². The predicted octanol–water partition coefficient (Wildman–Crippen LogP) is 10.1. The summed E-state index contributed by atoms with van der Waals surface area (Å²) in [5.41, 5.74) is 8.27. The molecule has 6 rings (SSSR count). The van der Waals surface area contributed by atoms with Crippen LogP contribution in [0.5, 0.6) is 23.0 Å². The third-order valence-corrected chi connectivity index (χ3v) is 10.8. The van der Waals surface area contributed by atoms with Gasteiger partial charge in [0.2, 0.25) is 5.36 Å². The summed E-state index contributed by atoms with van der Waals surface area (Å²) in [4.78, 5) is 16.2. The second-order valence-corrected chi connectivity index (χ2v) is 14.3. The first kappa shape index (κ1) is 51.2. The first-order valence-electron chi connectivity index (χ1n) is 22.4. The van der Waals surface area contributed by atoms with Gasteiger partial charge in [0.15, 0.2) is 22.8 Å². The number of nitrogens with zero attached hydrogens (tertiary/aromatic N) is 5. The summed E-state index contributed by atoms with van der Waals surface area (Å²) in [6.45, 7) is 30.0.